The number of phenols is 1. The van der Waals surface area contributed by atoms with Crippen molar-refractivity contribution >= 4 is 52.3 Å². The van der Waals surface area contributed by atoms with Crippen molar-refractivity contribution in [1.82, 2.24) is 0 Å². The zero-order valence-electron chi connectivity index (χ0n) is 25.1. The number of carbonyl (C=O) groups excluding carboxylic acids is 4. The molecule has 4 amide bonds. The molecule has 47 heavy (non-hydrogen) atoms. The van der Waals surface area contributed by atoms with Crippen molar-refractivity contribution in [3.8, 4) is 11.5 Å². The van der Waals surface area contributed by atoms with Gasteiger partial charge in [0.15, 0.2) is 0 Å². The molecule has 11 nitrogen and oxygen atoms in total. The molecule has 7 rings (SSSR count). The third kappa shape index (κ3) is 4.23. The fourth-order valence-electron chi connectivity index (χ4n) is 8.19. The molecule has 0 spiro atoms. The number of fused-ring (bicyclic) bond motifs is 4. The number of ether oxygens (including phenoxy) is 1. The standard InChI is InChI=1S/C34H27ClFN3O8/c1-34-22(31(42)38(33(34)44)17-9-12-24(36)23(35)14-17)15-21-19(29(34)28-25(40)7-4-8-26(28)47-2)10-11-20-27(21)32(43)37(30(20)41)16-5-3-6-18(13-16)39(45)46/h3-10,12-14,20-22,27,29,40H,11,15H2,1-2H3. The molecule has 0 bridgehead atoms. The highest BCUT2D eigenvalue weighted by Gasteiger charge is 2.68. The van der Waals surface area contributed by atoms with E-state index in [0.29, 0.717) is 5.57 Å². The normalized spacial score (nSPS) is 28.2. The highest BCUT2D eigenvalue weighted by atomic mass is 35.5. The Morgan fingerprint density at radius 1 is 0.979 bits per heavy atom. The molecule has 240 valence electrons. The quantitative estimate of drug-likeness (QED) is 0.163. The minimum Gasteiger partial charge on any atom is -0.508 e. The van der Waals surface area contributed by atoms with E-state index >= 15 is 0 Å². The number of nitrogens with zero attached hydrogens (tertiary/aromatic N) is 3. The van der Waals surface area contributed by atoms with Crippen molar-refractivity contribution in [2.24, 2.45) is 29.1 Å². The number of anilines is 2. The van der Waals surface area contributed by atoms with Gasteiger partial charge in [-0.3, -0.25) is 29.3 Å². The summed E-state index contributed by atoms with van der Waals surface area (Å²) in [6, 6.07) is 13.5. The lowest BCUT2D eigenvalue weighted by Crippen LogP contribution is -2.49. The van der Waals surface area contributed by atoms with E-state index < -0.39 is 69.4 Å². The number of nitro benzene ring substituents is 1. The molecule has 6 atom stereocenters. The number of rotatable bonds is 5. The summed E-state index contributed by atoms with van der Waals surface area (Å²) < 4.78 is 19.8. The summed E-state index contributed by atoms with van der Waals surface area (Å²) in [6.45, 7) is 1.64. The lowest BCUT2D eigenvalue weighted by Gasteiger charge is -2.49. The Bertz CT molecular complexity index is 1960. The summed E-state index contributed by atoms with van der Waals surface area (Å²) >= 11 is 6.05. The number of non-ortho nitro benzene ring substituents is 1. The van der Waals surface area contributed by atoms with Gasteiger partial charge in [-0.15, -0.1) is 0 Å². The number of halogens is 2. The van der Waals surface area contributed by atoms with Crippen molar-refractivity contribution in [1.29, 1.82) is 0 Å². The van der Waals surface area contributed by atoms with Gasteiger partial charge in [0.1, 0.15) is 17.3 Å². The zero-order valence-corrected chi connectivity index (χ0v) is 25.8. The molecule has 3 aromatic rings. The van der Waals surface area contributed by atoms with Crippen LogP contribution in [0.15, 0.2) is 72.3 Å². The van der Waals surface area contributed by atoms with Gasteiger partial charge in [-0.25, -0.2) is 14.2 Å². The summed E-state index contributed by atoms with van der Waals surface area (Å²) in [4.78, 5) is 69.6. The van der Waals surface area contributed by atoms with Crippen LogP contribution in [0.25, 0.3) is 0 Å². The molecule has 2 aliphatic heterocycles. The average molecular weight is 660 g/mol. The number of phenolic OH excluding ortho intramolecular Hbond substituents is 1. The number of amides is 4. The third-order valence-electron chi connectivity index (χ3n) is 10.3. The Morgan fingerprint density at radius 3 is 2.40 bits per heavy atom. The third-order valence-corrected chi connectivity index (χ3v) is 10.6. The number of carbonyl (C=O) groups is 4. The average Bonchev–Trinajstić information content (AvgIpc) is 3.42. The van der Waals surface area contributed by atoms with E-state index in [1.54, 1.807) is 25.1 Å². The largest absolute Gasteiger partial charge is 0.508 e. The first kappa shape index (κ1) is 30.5. The highest BCUT2D eigenvalue weighted by molar-refractivity contribution is 6.32. The van der Waals surface area contributed by atoms with Crippen LogP contribution in [0.2, 0.25) is 5.02 Å². The second-order valence-electron chi connectivity index (χ2n) is 12.4. The summed E-state index contributed by atoms with van der Waals surface area (Å²) in [6.07, 6.45) is 1.95. The van der Waals surface area contributed by atoms with Crippen LogP contribution < -0.4 is 14.5 Å². The Hall–Kier alpha value is -5.10. The maximum absolute atomic E-state index is 14.5. The Morgan fingerprint density at radius 2 is 1.70 bits per heavy atom. The van der Waals surface area contributed by atoms with Gasteiger partial charge in [-0.2, -0.15) is 0 Å². The molecule has 4 aliphatic rings. The predicted octanol–water partition coefficient (Wildman–Crippen LogP) is 5.54. The van der Waals surface area contributed by atoms with Gasteiger partial charge >= 0.3 is 0 Å². The molecule has 0 radical (unpaired) electrons. The van der Waals surface area contributed by atoms with Crippen LogP contribution in [-0.2, 0) is 19.2 Å². The van der Waals surface area contributed by atoms with Crippen LogP contribution in [0.5, 0.6) is 11.5 Å². The maximum atomic E-state index is 14.5. The van der Waals surface area contributed by atoms with Gasteiger partial charge in [0, 0.05) is 23.6 Å². The number of hydrogen-bond acceptors (Lipinski definition) is 8. The molecule has 6 unspecified atom stereocenters. The summed E-state index contributed by atoms with van der Waals surface area (Å²) in [5.74, 6) is -7.38. The van der Waals surface area contributed by atoms with Crippen molar-refractivity contribution < 1.29 is 38.3 Å². The van der Waals surface area contributed by atoms with Gasteiger partial charge < -0.3 is 9.84 Å². The monoisotopic (exact) mass is 659 g/mol. The van der Waals surface area contributed by atoms with Crippen LogP contribution in [0.4, 0.5) is 21.5 Å². The molecule has 13 heteroatoms. The van der Waals surface area contributed by atoms with Crippen LogP contribution in [-0.4, -0.2) is 40.8 Å². The molecule has 0 aromatic heterocycles. The topological polar surface area (TPSA) is 147 Å². The van der Waals surface area contributed by atoms with Crippen LogP contribution in [0, 0.1) is 45.0 Å². The highest BCUT2D eigenvalue weighted by Crippen LogP contribution is 2.65. The fraction of sp³-hybridized carbons (Fsp3) is 0.294. The molecule has 3 aromatic carbocycles. The molecule has 2 saturated heterocycles. The SMILES string of the molecule is COc1cccc(O)c1C1C2=CCC3C(=O)N(c4cccc([N+](=O)[O-])c4)C(=O)C3C2CC2C(=O)N(c3ccc(F)c(Cl)c3)C(=O)C21C. The van der Waals surface area contributed by atoms with E-state index in [4.69, 9.17) is 16.3 Å². The Labute approximate surface area is 272 Å². The van der Waals surface area contributed by atoms with E-state index in [0.717, 1.165) is 15.9 Å². The van der Waals surface area contributed by atoms with E-state index in [2.05, 4.69) is 0 Å². The summed E-state index contributed by atoms with van der Waals surface area (Å²) in [5.41, 5.74) is -0.783. The van der Waals surface area contributed by atoms with Crippen LogP contribution >= 0.6 is 11.6 Å². The number of hydrogen-bond donors (Lipinski definition) is 1. The number of aromatic hydroxyl groups is 1. The molecule has 1 N–H and O–H groups in total. The molecule has 1 saturated carbocycles. The molecule has 3 fully saturated rings. The van der Waals surface area contributed by atoms with Gasteiger partial charge in [0.2, 0.25) is 23.6 Å². The predicted molar refractivity (Wildman–Crippen MR) is 166 cm³/mol. The lowest BCUT2D eigenvalue weighted by atomic mass is 9.51. The van der Waals surface area contributed by atoms with Crippen molar-refractivity contribution in [2.75, 3.05) is 16.9 Å². The molecule has 2 aliphatic carbocycles. The summed E-state index contributed by atoms with van der Waals surface area (Å²) in [7, 11) is 1.41. The first-order chi connectivity index (χ1) is 22.4. The minimum atomic E-state index is -1.50. The first-order valence-corrected chi connectivity index (χ1v) is 15.3. The molecule has 2 heterocycles. The minimum absolute atomic E-state index is 0.0215. The second-order valence-corrected chi connectivity index (χ2v) is 12.8. The fourth-order valence-corrected chi connectivity index (χ4v) is 8.37. The zero-order chi connectivity index (χ0) is 33.5. The summed E-state index contributed by atoms with van der Waals surface area (Å²) in [5, 5.41) is 22.5. The number of benzene rings is 3. The van der Waals surface area contributed by atoms with E-state index in [-0.39, 0.29) is 52.0 Å². The number of allylic oxidation sites excluding steroid dienone is 2. The van der Waals surface area contributed by atoms with Crippen molar-refractivity contribution in [3.05, 3.63) is 98.8 Å². The maximum Gasteiger partial charge on any atom is 0.271 e. The van der Waals surface area contributed by atoms with Gasteiger partial charge in [-0.05, 0) is 62.1 Å². The first-order valence-electron chi connectivity index (χ1n) is 14.9. The lowest BCUT2D eigenvalue weighted by molar-refractivity contribution is -0.384. The number of imide groups is 2. The van der Waals surface area contributed by atoms with Gasteiger partial charge in [0.05, 0.1) is 51.6 Å². The number of nitro groups is 1. The smallest absolute Gasteiger partial charge is 0.271 e. The Kier molecular flexibility index (Phi) is 6.97. The second kappa shape index (κ2) is 10.7. The van der Waals surface area contributed by atoms with Crippen molar-refractivity contribution in [2.45, 2.75) is 25.7 Å². The van der Waals surface area contributed by atoms with E-state index in [1.807, 2.05) is 0 Å². The molecular weight excluding hydrogens is 633 g/mol. The van der Waals surface area contributed by atoms with Crippen LogP contribution in [0.1, 0.15) is 31.2 Å². The van der Waals surface area contributed by atoms with E-state index in [9.17, 15) is 38.8 Å². The van der Waals surface area contributed by atoms with E-state index in [1.165, 1.54) is 49.6 Å². The number of methoxy groups -OCH3 is 1. The van der Waals surface area contributed by atoms with Crippen LogP contribution in [0.3, 0.4) is 0 Å². The van der Waals surface area contributed by atoms with Crippen molar-refractivity contribution in [3.63, 3.8) is 0 Å². The van der Waals surface area contributed by atoms with Gasteiger partial charge in [0.25, 0.3) is 5.69 Å². The molecular formula is C34H27ClFN3O8. The Balaban J connectivity index is 1.39. The van der Waals surface area contributed by atoms with Gasteiger partial charge in [-0.1, -0.05) is 35.4 Å².